The Kier molecular flexibility index (Phi) is 4.42. The Morgan fingerprint density at radius 3 is 2.85 bits per heavy atom. The maximum atomic E-state index is 13.3. The Balaban J connectivity index is 1.73. The van der Waals surface area contributed by atoms with E-state index in [-0.39, 0.29) is 11.2 Å². The number of aromatic nitrogens is 2. The molecule has 142 valence electrons. The van der Waals surface area contributed by atoms with Gasteiger partial charge in [-0.1, -0.05) is 12.5 Å². The maximum Gasteiger partial charge on any atom is 0.123 e. The molecular weight excluding hydrogens is 343 g/mol. The summed E-state index contributed by atoms with van der Waals surface area (Å²) >= 11 is 0. The molecule has 1 N–H and O–H groups in total. The molecule has 2 aromatic rings. The van der Waals surface area contributed by atoms with Crippen molar-refractivity contribution in [2.75, 3.05) is 7.11 Å². The number of nitrogens with zero attached hydrogens (tertiary/aromatic N) is 2. The maximum absolute atomic E-state index is 13.3. The molecule has 0 bridgehead atoms. The van der Waals surface area contributed by atoms with Gasteiger partial charge >= 0.3 is 0 Å². The van der Waals surface area contributed by atoms with Crippen molar-refractivity contribution >= 4 is 6.08 Å². The molecule has 5 heteroatoms. The summed E-state index contributed by atoms with van der Waals surface area (Å²) in [5.41, 5.74) is 3.12. The summed E-state index contributed by atoms with van der Waals surface area (Å²) in [5.74, 6) is -0.257. The molecule has 0 spiro atoms. The van der Waals surface area contributed by atoms with Crippen LogP contribution in [0.15, 0.2) is 48.4 Å². The van der Waals surface area contributed by atoms with Gasteiger partial charge in [0.15, 0.2) is 0 Å². The molecule has 0 aliphatic heterocycles. The van der Waals surface area contributed by atoms with E-state index in [0.717, 1.165) is 42.6 Å². The summed E-state index contributed by atoms with van der Waals surface area (Å²) in [7, 11) is 1.62. The number of hydrogen-bond donors (Lipinski definition) is 1. The molecule has 1 fully saturated rings. The Morgan fingerprint density at radius 1 is 1.33 bits per heavy atom. The lowest BCUT2D eigenvalue weighted by molar-refractivity contribution is -0.0762. The Morgan fingerprint density at radius 2 is 2.11 bits per heavy atom. The number of rotatable bonds is 4. The van der Waals surface area contributed by atoms with Crippen LogP contribution < -0.4 is 0 Å². The van der Waals surface area contributed by atoms with Gasteiger partial charge in [0.05, 0.1) is 36.6 Å². The first-order chi connectivity index (χ1) is 13.0. The zero-order chi connectivity index (χ0) is 19.1. The second kappa shape index (κ2) is 6.64. The van der Waals surface area contributed by atoms with Crippen molar-refractivity contribution in [1.29, 1.82) is 0 Å². The summed E-state index contributed by atoms with van der Waals surface area (Å²) in [6, 6.07) is 6.37. The fraction of sp³-hybridized carbons (Fsp3) is 0.409. The molecule has 0 amide bonds. The van der Waals surface area contributed by atoms with E-state index >= 15 is 0 Å². The largest absolute Gasteiger partial charge is 0.505 e. The summed E-state index contributed by atoms with van der Waals surface area (Å²) in [4.78, 5) is 0. The zero-order valence-corrected chi connectivity index (χ0v) is 15.8. The SMILES string of the molecule is CO/C=C/C[C@]1(O)CCCC2=Cc3c(cnn3-c3ccc(F)cc3)C[C@@]21C. The highest BCUT2D eigenvalue weighted by molar-refractivity contribution is 5.62. The van der Waals surface area contributed by atoms with Gasteiger partial charge in [0, 0.05) is 5.41 Å². The topological polar surface area (TPSA) is 47.3 Å². The molecule has 2 aliphatic rings. The number of methoxy groups -OCH3 is 1. The van der Waals surface area contributed by atoms with Crippen molar-refractivity contribution in [2.45, 2.75) is 44.6 Å². The molecule has 0 unspecified atom stereocenters. The monoisotopic (exact) mass is 368 g/mol. The van der Waals surface area contributed by atoms with Gasteiger partial charge in [0.1, 0.15) is 5.82 Å². The molecular formula is C22H25FN2O2. The highest BCUT2D eigenvalue weighted by Gasteiger charge is 2.52. The van der Waals surface area contributed by atoms with Crippen molar-refractivity contribution in [3.05, 3.63) is 65.4 Å². The van der Waals surface area contributed by atoms with Crippen LogP contribution in [-0.2, 0) is 11.2 Å². The third-order valence-electron chi connectivity index (χ3n) is 6.27. The van der Waals surface area contributed by atoms with E-state index < -0.39 is 5.60 Å². The van der Waals surface area contributed by atoms with Crippen LogP contribution in [0.4, 0.5) is 4.39 Å². The first-order valence-electron chi connectivity index (χ1n) is 9.41. The molecule has 2 aliphatic carbocycles. The van der Waals surface area contributed by atoms with Crippen molar-refractivity contribution in [1.82, 2.24) is 9.78 Å². The summed E-state index contributed by atoms with van der Waals surface area (Å²) in [6.45, 7) is 2.16. The molecule has 1 saturated carbocycles. The van der Waals surface area contributed by atoms with Crippen LogP contribution in [0.2, 0.25) is 0 Å². The third kappa shape index (κ3) is 2.90. The third-order valence-corrected chi connectivity index (χ3v) is 6.27. The van der Waals surface area contributed by atoms with E-state index in [1.165, 1.54) is 17.7 Å². The van der Waals surface area contributed by atoms with Gasteiger partial charge < -0.3 is 9.84 Å². The molecule has 1 heterocycles. The second-order valence-corrected chi connectivity index (χ2v) is 7.82. The molecule has 4 rings (SSSR count). The van der Waals surface area contributed by atoms with Gasteiger partial charge in [-0.05, 0) is 74.1 Å². The fourth-order valence-electron chi connectivity index (χ4n) is 4.61. The predicted molar refractivity (Wildman–Crippen MR) is 103 cm³/mol. The Bertz CT molecular complexity index is 900. The van der Waals surface area contributed by atoms with Gasteiger partial charge in [-0.3, -0.25) is 0 Å². The average molecular weight is 368 g/mol. The molecule has 0 radical (unpaired) electrons. The van der Waals surface area contributed by atoms with Gasteiger partial charge in [-0.2, -0.15) is 5.10 Å². The lowest BCUT2D eigenvalue weighted by Gasteiger charge is -2.51. The van der Waals surface area contributed by atoms with Crippen LogP contribution in [0.5, 0.6) is 0 Å². The van der Waals surface area contributed by atoms with Crippen LogP contribution in [0, 0.1) is 11.2 Å². The van der Waals surface area contributed by atoms with Crippen LogP contribution in [0.1, 0.15) is 43.9 Å². The smallest absolute Gasteiger partial charge is 0.123 e. The van der Waals surface area contributed by atoms with Gasteiger partial charge in [0.2, 0.25) is 0 Å². The minimum absolute atomic E-state index is 0.257. The van der Waals surface area contributed by atoms with E-state index in [1.807, 2.05) is 17.0 Å². The molecule has 27 heavy (non-hydrogen) atoms. The number of aliphatic hydroxyl groups is 1. The summed E-state index contributed by atoms with van der Waals surface area (Å²) in [6.07, 6.45) is 11.6. The Labute approximate surface area is 159 Å². The molecule has 4 nitrogen and oxygen atoms in total. The van der Waals surface area contributed by atoms with E-state index in [2.05, 4.69) is 18.1 Å². The number of halogens is 1. The highest BCUT2D eigenvalue weighted by Crippen LogP contribution is 2.54. The van der Waals surface area contributed by atoms with E-state index in [4.69, 9.17) is 4.74 Å². The Hall–Kier alpha value is -2.40. The number of benzene rings is 1. The average Bonchev–Trinajstić information content (AvgIpc) is 3.04. The van der Waals surface area contributed by atoms with Crippen molar-refractivity contribution in [3.63, 3.8) is 0 Å². The second-order valence-electron chi connectivity index (χ2n) is 7.82. The highest BCUT2D eigenvalue weighted by atomic mass is 19.1. The van der Waals surface area contributed by atoms with Gasteiger partial charge in [0.25, 0.3) is 0 Å². The van der Waals surface area contributed by atoms with Crippen LogP contribution >= 0.6 is 0 Å². The molecule has 1 aromatic carbocycles. The quantitative estimate of drug-likeness (QED) is 0.813. The summed E-state index contributed by atoms with van der Waals surface area (Å²) < 4.78 is 20.1. The van der Waals surface area contributed by atoms with E-state index in [1.54, 1.807) is 25.5 Å². The minimum Gasteiger partial charge on any atom is -0.505 e. The van der Waals surface area contributed by atoms with E-state index in [9.17, 15) is 9.50 Å². The van der Waals surface area contributed by atoms with Gasteiger partial charge in [-0.25, -0.2) is 9.07 Å². The first-order valence-corrected chi connectivity index (χ1v) is 9.41. The fourth-order valence-corrected chi connectivity index (χ4v) is 4.61. The van der Waals surface area contributed by atoms with Crippen LogP contribution in [0.3, 0.4) is 0 Å². The standard InChI is InChI=1S/C22H25FN2O2/c1-21-14-16-15-24-25(19-8-6-18(23)7-9-19)20(16)13-17(21)5-3-10-22(21,26)11-4-12-27-2/h4,6-9,12-13,15,26H,3,5,10-11,14H2,1-2H3/b12-4+/t21-,22+/m0/s1. The molecule has 1 aromatic heterocycles. The first kappa shape index (κ1) is 18.0. The normalized spacial score (nSPS) is 27.2. The summed E-state index contributed by atoms with van der Waals surface area (Å²) in [5, 5.41) is 16.1. The minimum atomic E-state index is -0.804. The van der Waals surface area contributed by atoms with Gasteiger partial charge in [-0.15, -0.1) is 0 Å². The molecule has 0 saturated heterocycles. The van der Waals surface area contributed by atoms with E-state index in [0.29, 0.717) is 6.42 Å². The van der Waals surface area contributed by atoms with Crippen molar-refractivity contribution < 1.29 is 14.2 Å². The number of fused-ring (bicyclic) bond motifs is 2. The lowest BCUT2D eigenvalue weighted by atomic mass is 9.56. The predicted octanol–water partition coefficient (Wildman–Crippen LogP) is 4.42. The molecule has 2 atom stereocenters. The van der Waals surface area contributed by atoms with Crippen molar-refractivity contribution in [2.24, 2.45) is 5.41 Å². The lowest BCUT2D eigenvalue weighted by Crippen LogP contribution is -2.52. The zero-order valence-electron chi connectivity index (χ0n) is 15.8. The van der Waals surface area contributed by atoms with Crippen LogP contribution in [-0.4, -0.2) is 27.6 Å². The van der Waals surface area contributed by atoms with Crippen LogP contribution in [0.25, 0.3) is 11.8 Å². The number of hydrogen-bond acceptors (Lipinski definition) is 3. The van der Waals surface area contributed by atoms with Crippen molar-refractivity contribution in [3.8, 4) is 5.69 Å². The number of ether oxygens (including phenoxy) is 1.